The number of benzene rings is 1. The SMILES string of the molecule is Brc1ncc(Oc2ccccc2)cn1. The van der Waals surface area contributed by atoms with E-state index in [0.29, 0.717) is 10.5 Å². The number of hydrogen-bond donors (Lipinski definition) is 0. The van der Waals surface area contributed by atoms with Crippen molar-refractivity contribution in [3.63, 3.8) is 0 Å². The van der Waals surface area contributed by atoms with Gasteiger partial charge in [-0.2, -0.15) is 0 Å². The summed E-state index contributed by atoms with van der Waals surface area (Å²) in [5.41, 5.74) is 0. The molecular formula is C10H7BrN2O. The van der Waals surface area contributed by atoms with E-state index in [1.54, 1.807) is 12.4 Å². The molecular weight excluding hydrogens is 244 g/mol. The van der Waals surface area contributed by atoms with Crippen LogP contribution in [0.3, 0.4) is 0 Å². The summed E-state index contributed by atoms with van der Waals surface area (Å²) in [5.74, 6) is 1.40. The molecule has 3 nitrogen and oxygen atoms in total. The van der Waals surface area contributed by atoms with E-state index in [2.05, 4.69) is 25.9 Å². The number of aromatic nitrogens is 2. The topological polar surface area (TPSA) is 35.0 Å². The Kier molecular flexibility index (Phi) is 2.74. The largest absolute Gasteiger partial charge is 0.454 e. The summed E-state index contributed by atoms with van der Waals surface area (Å²) in [7, 11) is 0. The normalized spacial score (nSPS) is 9.79. The number of ether oxygens (including phenoxy) is 1. The Morgan fingerprint density at radius 1 is 0.929 bits per heavy atom. The molecule has 0 fully saturated rings. The van der Waals surface area contributed by atoms with E-state index >= 15 is 0 Å². The second-order valence-electron chi connectivity index (χ2n) is 2.60. The van der Waals surface area contributed by atoms with Gasteiger partial charge in [0.05, 0.1) is 12.4 Å². The van der Waals surface area contributed by atoms with Gasteiger partial charge in [-0.15, -0.1) is 0 Å². The van der Waals surface area contributed by atoms with Gasteiger partial charge in [0.15, 0.2) is 10.5 Å². The monoisotopic (exact) mass is 250 g/mol. The van der Waals surface area contributed by atoms with E-state index < -0.39 is 0 Å². The predicted octanol–water partition coefficient (Wildman–Crippen LogP) is 3.03. The number of para-hydroxylation sites is 1. The molecule has 0 aliphatic heterocycles. The molecule has 0 atom stereocenters. The van der Waals surface area contributed by atoms with Gasteiger partial charge in [0.1, 0.15) is 5.75 Å². The molecule has 0 bridgehead atoms. The quantitative estimate of drug-likeness (QED) is 0.769. The van der Waals surface area contributed by atoms with E-state index in [9.17, 15) is 0 Å². The molecule has 0 spiro atoms. The molecule has 0 aliphatic rings. The van der Waals surface area contributed by atoms with Crippen LogP contribution in [0.5, 0.6) is 11.5 Å². The minimum absolute atomic E-state index is 0.554. The summed E-state index contributed by atoms with van der Waals surface area (Å²) in [6.45, 7) is 0. The summed E-state index contributed by atoms with van der Waals surface area (Å²) in [4.78, 5) is 7.91. The van der Waals surface area contributed by atoms with E-state index in [1.165, 1.54) is 0 Å². The molecule has 0 radical (unpaired) electrons. The molecule has 1 aromatic carbocycles. The van der Waals surface area contributed by atoms with E-state index in [0.717, 1.165) is 5.75 Å². The van der Waals surface area contributed by atoms with Crippen molar-refractivity contribution >= 4 is 15.9 Å². The van der Waals surface area contributed by atoms with Gasteiger partial charge in [0.25, 0.3) is 0 Å². The van der Waals surface area contributed by atoms with Gasteiger partial charge >= 0.3 is 0 Å². The highest BCUT2D eigenvalue weighted by atomic mass is 79.9. The minimum atomic E-state index is 0.554. The highest BCUT2D eigenvalue weighted by Crippen LogP contribution is 2.19. The van der Waals surface area contributed by atoms with Crippen molar-refractivity contribution in [2.24, 2.45) is 0 Å². The van der Waals surface area contributed by atoms with E-state index in [-0.39, 0.29) is 0 Å². The molecule has 14 heavy (non-hydrogen) atoms. The van der Waals surface area contributed by atoms with Crippen molar-refractivity contribution in [2.75, 3.05) is 0 Å². The van der Waals surface area contributed by atoms with Gasteiger partial charge in [-0.3, -0.25) is 0 Å². The maximum atomic E-state index is 5.49. The fraction of sp³-hybridized carbons (Fsp3) is 0. The minimum Gasteiger partial charge on any atom is -0.454 e. The first-order valence-corrected chi connectivity index (χ1v) is 4.84. The van der Waals surface area contributed by atoms with Crippen molar-refractivity contribution in [1.82, 2.24) is 9.97 Å². The molecule has 0 aliphatic carbocycles. The fourth-order valence-electron chi connectivity index (χ4n) is 0.978. The predicted molar refractivity (Wildman–Crippen MR) is 56.2 cm³/mol. The lowest BCUT2D eigenvalue weighted by molar-refractivity contribution is 0.477. The second-order valence-corrected chi connectivity index (χ2v) is 3.31. The first kappa shape index (κ1) is 9.15. The zero-order valence-electron chi connectivity index (χ0n) is 7.22. The third-order valence-corrected chi connectivity index (χ3v) is 1.99. The van der Waals surface area contributed by atoms with Crippen LogP contribution < -0.4 is 4.74 Å². The Labute approximate surface area is 89.9 Å². The smallest absolute Gasteiger partial charge is 0.196 e. The molecule has 2 rings (SSSR count). The van der Waals surface area contributed by atoms with Crippen LogP contribution in [-0.4, -0.2) is 9.97 Å². The fourth-order valence-corrected chi connectivity index (χ4v) is 1.18. The molecule has 0 N–H and O–H groups in total. The maximum absolute atomic E-state index is 5.49. The van der Waals surface area contributed by atoms with Gasteiger partial charge < -0.3 is 4.74 Å². The highest BCUT2D eigenvalue weighted by molar-refractivity contribution is 9.10. The van der Waals surface area contributed by atoms with Crippen molar-refractivity contribution in [1.29, 1.82) is 0 Å². The highest BCUT2D eigenvalue weighted by Gasteiger charge is 1.96. The third-order valence-electron chi connectivity index (χ3n) is 1.58. The van der Waals surface area contributed by atoms with Gasteiger partial charge in [-0.05, 0) is 28.1 Å². The van der Waals surface area contributed by atoms with Gasteiger partial charge in [0, 0.05) is 0 Å². The molecule has 0 unspecified atom stereocenters. The molecule has 2 aromatic rings. The first-order valence-electron chi connectivity index (χ1n) is 4.05. The van der Waals surface area contributed by atoms with E-state index in [4.69, 9.17) is 4.74 Å². The molecule has 0 saturated carbocycles. The second kappa shape index (κ2) is 4.19. The Hall–Kier alpha value is -1.42. The lowest BCUT2D eigenvalue weighted by atomic mass is 10.3. The zero-order chi connectivity index (χ0) is 9.80. The van der Waals surface area contributed by atoms with Crippen LogP contribution in [0, 0.1) is 0 Å². The number of nitrogens with zero attached hydrogens (tertiary/aromatic N) is 2. The van der Waals surface area contributed by atoms with Gasteiger partial charge in [-0.25, -0.2) is 9.97 Å². The van der Waals surface area contributed by atoms with E-state index in [1.807, 2.05) is 30.3 Å². The van der Waals surface area contributed by atoms with Crippen LogP contribution in [0.25, 0.3) is 0 Å². The molecule has 1 heterocycles. The summed E-state index contributed by atoms with van der Waals surface area (Å²) in [6.07, 6.45) is 3.23. The molecule has 4 heteroatoms. The standard InChI is InChI=1S/C10H7BrN2O/c11-10-12-6-9(7-13-10)14-8-4-2-1-3-5-8/h1-7H. The van der Waals surface area contributed by atoms with Crippen LogP contribution in [0.15, 0.2) is 47.5 Å². The Bertz CT molecular complexity index is 402. The molecule has 70 valence electrons. The van der Waals surface area contributed by atoms with Crippen LogP contribution in [0.2, 0.25) is 0 Å². The van der Waals surface area contributed by atoms with Crippen molar-refractivity contribution in [2.45, 2.75) is 0 Å². The summed E-state index contributed by atoms with van der Waals surface area (Å²) in [5, 5.41) is 0. The van der Waals surface area contributed by atoms with Gasteiger partial charge in [0.2, 0.25) is 0 Å². The van der Waals surface area contributed by atoms with Crippen LogP contribution >= 0.6 is 15.9 Å². The number of rotatable bonds is 2. The average molecular weight is 251 g/mol. The summed E-state index contributed by atoms with van der Waals surface area (Å²) in [6, 6.07) is 9.51. The Morgan fingerprint density at radius 3 is 2.21 bits per heavy atom. The van der Waals surface area contributed by atoms with Gasteiger partial charge in [-0.1, -0.05) is 18.2 Å². The van der Waals surface area contributed by atoms with Crippen molar-refractivity contribution < 1.29 is 4.74 Å². The van der Waals surface area contributed by atoms with Crippen molar-refractivity contribution in [3.8, 4) is 11.5 Å². The number of hydrogen-bond acceptors (Lipinski definition) is 3. The Morgan fingerprint density at radius 2 is 1.57 bits per heavy atom. The zero-order valence-corrected chi connectivity index (χ0v) is 8.81. The Balaban J connectivity index is 2.16. The van der Waals surface area contributed by atoms with Crippen molar-refractivity contribution in [3.05, 3.63) is 47.5 Å². The maximum Gasteiger partial charge on any atom is 0.196 e. The lowest BCUT2D eigenvalue weighted by Gasteiger charge is -2.03. The third kappa shape index (κ3) is 2.29. The number of halogens is 1. The van der Waals surface area contributed by atoms with Crippen LogP contribution in [-0.2, 0) is 0 Å². The molecule has 0 amide bonds. The summed E-state index contributed by atoms with van der Waals surface area (Å²) >= 11 is 3.15. The van der Waals surface area contributed by atoms with Crippen LogP contribution in [0.4, 0.5) is 0 Å². The first-order chi connectivity index (χ1) is 6.84. The molecule has 0 saturated heterocycles. The molecule has 1 aromatic heterocycles. The summed E-state index contributed by atoms with van der Waals surface area (Å²) < 4.78 is 6.04. The van der Waals surface area contributed by atoms with Crippen LogP contribution in [0.1, 0.15) is 0 Å². The lowest BCUT2D eigenvalue weighted by Crippen LogP contribution is -1.87. The average Bonchev–Trinajstić information content (AvgIpc) is 2.23.